The van der Waals surface area contributed by atoms with Crippen molar-refractivity contribution in [1.29, 1.82) is 0 Å². The summed E-state index contributed by atoms with van der Waals surface area (Å²) in [5, 5.41) is 25.0. The fraction of sp³-hybridized carbons (Fsp3) is 0.444. The van der Waals surface area contributed by atoms with Crippen molar-refractivity contribution in [2.45, 2.75) is 65.0 Å². The maximum absolute atomic E-state index is 13.3. The van der Waals surface area contributed by atoms with Crippen molar-refractivity contribution in [2.75, 3.05) is 26.2 Å². The topological polar surface area (TPSA) is 277 Å². The van der Waals surface area contributed by atoms with Gasteiger partial charge in [0.2, 0.25) is 11.8 Å². The van der Waals surface area contributed by atoms with Gasteiger partial charge in [-0.15, -0.1) is 0 Å². The molecule has 0 unspecified atom stereocenters. The van der Waals surface area contributed by atoms with Crippen molar-refractivity contribution in [1.82, 2.24) is 21.3 Å². The van der Waals surface area contributed by atoms with Crippen LogP contribution in [0.15, 0.2) is 36.4 Å². The molecular weight excluding hydrogens is 790 g/mol. The summed E-state index contributed by atoms with van der Waals surface area (Å²) in [6.45, 7) is 8.55. The van der Waals surface area contributed by atoms with Crippen molar-refractivity contribution in [3.8, 4) is 0 Å². The van der Waals surface area contributed by atoms with Crippen molar-refractivity contribution >= 4 is 47.1 Å². The molecule has 2 aromatic carbocycles. The number of fused-ring (bicyclic) bond motifs is 2. The lowest BCUT2D eigenvalue weighted by Gasteiger charge is -2.19. The third kappa shape index (κ3) is 16.3. The number of hydrogen-bond acceptors (Lipinski definition) is 10. The largest absolute Gasteiger partial charge is 0.490 e. The van der Waals surface area contributed by atoms with Crippen LogP contribution in [0.25, 0.3) is 0 Å². The normalized spacial score (nSPS) is 13.0. The number of nitrogens with two attached hydrogens (primary N) is 2. The molecule has 0 aliphatic heterocycles. The summed E-state index contributed by atoms with van der Waals surface area (Å²) in [7, 11) is 0. The number of carboxylic acids is 2. The Morgan fingerprint density at radius 1 is 0.552 bits per heavy atom. The van der Waals surface area contributed by atoms with E-state index in [1.807, 2.05) is 27.7 Å². The van der Waals surface area contributed by atoms with E-state index < -0.39 is 59.8 Å². The first-order chi connectivity index (χ1) is 26.7. The third-order valence-corrected chi connectivity index (χ3v) is 7.57. The number of alkyl halides is 6. The van der Waals surface area contributed by atoms with Crippen LogP contribution in [0.4, 0.5) is 26.3 Å². The zero-order valence-corrected chi connectivity index (χ0v) is 31.6. The molecule has 1 aliphatic rings. The molecule has 320 valence electrons. The SMILES string of the molecule is CC(C)C[C@H](N)C(=O)NCCNC(=O)c1ccc2c(c1)C(=O)c1ccc(C(=O)NCCNC(=O)[C@@H](N)CC(C)C)cc1C2=O.O=C(O)C(F)(F)F.O=C(O)C(F)(F)F. The van der Waals surface area contributed by atoms with Crippen molar-refractivity contribution in [3.05, 3.63) is 69.8 Å². The summed E-state index contributed by atoms with van der Waals surface area (Å²) in [6, 6.07) is 7.21. The number of rotatable bonds is 14. The smallest absolute Gasteiger partial charge is 0.475 e. The van der Waals surface area contributed by atoms with Gasteiger partial charge in [-0.1, -0.05) is 27.7 Å². The number of carbonyl (C=O) groups is 8. The molecule has 0 radical (unpaired) electrons. The van der Waals surface area contributed by atoms with E-state index in [1.165, 1.54) is 36.4 Å². The van der Waals surface area contributed by atoms with Crippen LogP contribution >= 0.6 is 0 Å². The molecular formula is C36H44F6N6O10. The Balaban J connectivity index is 0.00000102. The lowest BCUT2D eigenvalue weighted by atomic mass is 9.82. The highest BCUT2D eigenvalue weighted by Gasteiger charge is 2.39. The van der Waals surface area contributed by atoms with E-state index >= 15 is 0 Å². The predicted molar refractivity (Wildman–Crippen MR) is 193 cm³/mol. The summed E-state index contributed by atoms with van der Waals surface area (Å²) < 4.78 is 63.5. The second-order valence-corrected chi connectivity index (χ2v) is 13.4. The monoisotopic (exact) mass is 834 g/mol. The Labute approximate surface area is 327 Å². The highest BCUT2D eigenvalue weighted by atomic mass is 19.4. The Hall–Kier alpha value is -5.90. The first-order valence-corrected chi connectivity index (χ1v) is 17.3. The Bertz CT molecular complexity index is 1720. The Morgan fingerprint density at radius 2 is 0.828 bits per heavy atom. The third-order valence-electron chi connectivity index (χ3n) is 7.57. The van der Waals surface area contributed by atoms with Crippen molar-refractivity contribution < 1.29 is 74.9 Å². The molecule has 22 heteroatoms. The number of nitrogens with one attached hydrogen (secondary N) is 4. The quantitative estimate of drug-likeness (QED) is 0.0858. The molecule has 0 saturated carbocycles. The van der Waals surface area contributed by atoms with Gasteiger partial charge in [-0.25, -0.2) is 9.59 Å². The molecule has 3 rings (SSSR count). The number of aliphatic carboxylic acids is 2. The minimum Gasteiger partial charge on any atom is -0.475 e. The van der Waals surface area contributed by atoms with E-state index in [1.54, 1.807) is 0 Å². The molecule has 0 spiro atoms. The average molecular weight is 835 g/mol. The van der Waals surface area contributed by atoms with Gasteiger partial charge in [0.15, 0.2) is 11.6 Å². The van der Waals surface area contributed by atoms with Crippen LogP contribution in [0, 0.1) is 11.8 Å². The summed E-state index contributed by atoms with van der Waals surface area (Å²) in [5.41, 5.74) is 12.5. The Kier molecular flexibility index (Phi) is 19.1. The first kappa shape index (κ1) is 50.1. The van der Waals surface area contributed by atoms with E-state index in [0.29, 0.717) is 12.8 Å². The van der Waals surface area contributed by atoms with Crippen LogP contribution in [0.3, 0.4) is 0 Å². The lowest BCUT2D eigenvalue weighted by Crippen LogP contribution is -2.44. The number of ketones is 2. The van der Waals surface area contributed by atoms with Gasteiger partial charge < -0.3 is 42.9 Å². The van der Waals surface area contributed by atoms with Crippen LogP contribution in [0.2, 0.25) is 0 Å². The molecule has 4 amide bonds. The van der Waals surface area contributed by atoms with Gasteiger partial charge in [0.25, 0.3) is 11.8 Å². The molecule has 0 aromatic heterocycles. The molecule has 2 atom stereocenters. The zero-order valence-electron chi connectivity index (χ0n) is 31.6. The van der Waals surface area contributed by atoms with E-state index in [0.717, 1.165) is 0 Å². The van der Waals surface area contributed by atoms with Crippen LogP contribution in [0.5, 0.6) is 0 Å². The standard InChI is InChI=1S/C32H42N6O6.2C2HF3O2/c1-17(2)13-25(33)31(43)37-11-9-35-29(41)19-5-7-21-23(15-19)27(39)22-8-6-20(16-24(22)28(21)40)30(42)36-10-12-38-32(44)26(34)14-18(3)4;2*3-2(4,5)1(6)7/h5-8,15-18,25-26H,9-14,33-34H2,1-4H3,(H,35,41)(H,36,42)(H,37,43)(H,38,44);2*(H,6,7)/t25-,26-;;/m0../s1. The summed E-state index contributed by atoms with van der Waals surface area (Å²) in [5.74, 6) is -7.37. The lowest BCUT2D eigenvalue weighted by molar-refractivity contribution is -0.193. The first-order valence-electron chi connectivity index (χ1n) is 17.3. The van der Waals surface area contributed by atoms with E-state index in [-0.39, 0.29) is 83.2 Å². The van der Waals surface area contributed by atoms with Crippen LogP contribution in [-0.2, 0) is 19.2 Å². The maximum atomic E-state index is 13.3. The molecule has 0 heterocycles. The number of benzene rings is 2. The molecule has 16 nitrogen and oxygen atoms in total. The fourth-order valence-electron chi connectivity index (χ4n) is 4.85. The predicted octanol–water partition coefficient (Wildman–Crippen LogP) is 2.17. The zero-order chi connectivity index (χ0) is 44.7. The second-order valence-electron chi connectivity index (χ2n) is 13.4. The van der Waals surface area contributed by atoms with E-state index in [9.17, 15) is 55.1 Å². The molecule has 0 saturated heterocycles. The maximum Gasteiger partial charge on any atom is 0.490 e. The van der Waals surface area contributed by atoms with Crippen LogP contribution < -0.4 is 32.7 Å². The number of amides is 4. The number of carbonyl (C=O) groups excluding carboxylic acids is 6. The molecule has 10 N–H and O–H groups in total. The summed E-state index contributed by atoms with van der Waals surface area (Å²) >= 11 is 0. The van der Waals surface area contributed by atoms with Gasteiger partial charge in [0.1, 0.15) is 0 Å². The minimum atomic E-state index is -5.08. The molecule has 0 bridgehead atoms. The van der Waals surface area contributed by atoms with E-state index in [2.05, 4.69) is 21.3 Å². The van der Waals surface area contributed by atoms with Crippen LogP contribution in [-0.4, -0.2) is 108 Å². The van der Waals surface area contributed by atoms with Gasteiger partial charge in [-0.3, -0.25) is 28.8 Å². The highest BCUT2D eigenvalue weighted by molar-refractivity contribution is 6.29. The second kappa shape index (κ2) is 22.1. The summed E-state index contributed by atoms with van der Waals surface area (Å²) in [4.78, 5) is 93.9. The van der Waals surface area contributed by atoms with Gasteiger partial charge in [0.05, 0.1) is 12.1 Å². The van der Waals surface area contributed by atoms with E-state index in [4.69, 9.17) is 31.3 Å². The number of hydrogen-bond donors (Lipinski definition) is 8. The molecule has 0 fully saturated rings. The Morgan fingerprint density at radius 3 is 1.09 bits per heavy atom. The number of halogens is 6. The number of carboxylic acid groups (broad SMARTS) is 2. The van der Waals surface area contributed by atoms with Crippen molar-refractivity contribution in [2.24, 2.45) is 23.3 Å². The van der Waals surface area contributed by atoms with Gasteiger partial charge in [-0.05, 0) is 61.1 Å². The molecule has 58 heavy (non-hydrogen) atoms. The fourth-order valence-corrected chi connectivity index (χ4v) is 4.85. The van der Waals surface area contributed by atoms with Gasteiger partial charge in [0, 0.05) is 59.6 Å². The van der Waals surface area contributed by atoms with Gasteiger partial charge in [-0.2, -0.15) is 26.3 Å². The van der Waals surface area contributed by atoms with Crippen LogP contribution in [0.1, 0.15) is 93.1 Å². The minimum absolute atomic E-state index is 0.0896. The highest BCUT2D eigenvalue weighted by Crippen LogP contribution is 2.29. The molecule has 1 aliphatic carbocycles. The summed E-state index contributed by atoms with van der Waals surface area (Å²) in [6.07, 6.45) is -9.07. The van der Waals surface area contributed by atoms with Gasteiger partial charge >= 0.3 is 24.3 Å². The molecule has 2 aromatic rings. The van der Waals surface area contributed by atoms with Crippen molar-refractivity contribution in [3.63, 3.8) is 0 Å². The average Bonchev–Trinajstić information content (AvgIpc) is 3.12.